The van der Waals surface area contributed by atoms with Gasteiger partial charge in [0, 0.05) is 45.7 Å². The van der Waals surface area contributed by atoms with Crippen molar-refractivity contribution in [3.8, 4) is 11.5 Å². The van der Waals surface area contributed by atoms with Crippen LogP contribution >= 0.6 is 0 Å². The van der Waals surface area contributed by atoms with Crippen molar-refractivity contribution in [2.45, 2.75) is 38.0 Å². The Balaban J connectivity index is 1.14. The topological polar surface area (TPSA) is 91.4 Å². The van der Waals surface area contributed by atoms with Crippen molar-refractivity contribution in [2.75, 3.05) is 40.4 Å². The molecule has 6 rings (SSSR count). The minimum atomic E-state index is -0.766. The predicted octanol–water partition coefficient (Wildman–Crippen LogP) is 3.51. The Morgan fingerprint density at radius 3 is 2.05 bits per heavy atom. The molecule has 43 heavy (non-hydrogen) atoms. The number of carbonyl (C=O) groups is 3. The molecular weight excluding hydrogens is 551 g/mol. The largest absolute Gasteiger partial charge is 0.497 e. The Kier molecular flexibility index (Phi) is 8.14. The lowest BCUT2D eigenvalue weighted by Crippen LogP contribution is -2.52. The number of nitrogens with zero attached hydrogens (tertiary/aromatic N) is 3. The van der Waals surface area contributed by atoms with Crippen LogP contribution in [0.3, 0.4) is 0 Å². The number of halogens is 1. The Morgan fingerprint density at radius 1 is 0.884 bits per heavy atom. The molecule has 0 aromatic heterocycles. The number of piperidine rings is 1. The zero-order valence-corrected chi connectivity index (χ0v) is 24.3. The van der Waals surface area contributed by atoms with E-state index in [2.05, 4.69) is 39.4 Å². The second-order valence-corrected chi connectivity index (χ2v) is 11.3. The molecular formula is C33H35FN4O5. The summed E-state index contributed by atoms with van der Waals surface area (Å²) in [5.74, 6) is -0.289. The fourth-order valence-corrected chi connectivity index (χ4v) is 6.44. The maximum absolute atomic E-state index is 15.3. The van der Waals surface area contributed by atoms with Crippen molar-refractivity contribution in [2.24, 2.45) is 0 Å². The number of benzene rings is 3. The number of imide groups is 1. The summed E-state index contributed by atoms with van der Waals surface area (Å²) in [6.07, 6.45) is 0.408. The van der Waals surface area contributed by atoms with Gasteiger partial charge in [0.15, 0.2) is 0 Å². The lowest BCUT2D eigenvalue weighted by atomic mass is 9.96. The highest BCUT2D eigenvalue weighted by atomic mass is 19.1. The number of methoxy groups -OCH3 is 2. The molecule has 3 aliphatic rings. The summed E-state index contributed by atoms with van der Waals surface area (Å²) in [4.78, 5) is 43.1. The van der Waals surface area contributed by atoms with Crippen molar-refractivity contribution in [1.82, 2.24) is 20.0 Å². The molecule has 2 fully saturated rings. The van der Waals surface area contributed by atoms with Crippen LogP contribution in [0.5, 0.6) is 11.5 Å². The number of fused-ring (bicyclic) bond motifs is 1. The molecule has 224 valence electrons. The van der Waals surface area contributed by atoms with Gasteiger partial charge in [0.05, 0.1) is 25.8 Å². The van der Waals surface area contributed by atoms with Crippen molar-refractivity contribution in [1.29, 1.82) is 0 Å². The van der Waals surface area contributed by atoms with Gasteiger partial charge in [-0.25, -0.2) is 4.39 Å². The molecule has 10 heteroatoms. The van der Waals surface area contributed by atoms with Gasteiger partial charge in [0.25, 0.3) is 5.91 Å². The minimum Gasteiger partial charge on any atom is -0.497 e. The SMILES string of the molecule is COc1ccc(C(c2ccc(OC)cc2)N2CCN(Cc3cc(F)c4c(c3)CN(C3CCC(=O)NC3=O)C4=O)CC2)cc1. The van der Waals surface area contributed by atoms with Crippen LogP contribution in [0.15, 0.2) is 60.7 Å². The summed E-state index contributed by atoms with van der Waals surface area (Å²) in [5, 5.41) is 2.29. The van der Waals surface area contributed by atoms with E-state index in [-0.39, 0.29) is 36.9 Å². The zero-order chi connectivity index (χ0) is 30.1. The van der Waals surface area contributed by atoms with Gasteiger partial charge in [-0.15, -0.1) is 0 Å². The quantitative estimate of drug-likeness (QED) is 0.404. The number of piperazine rings is 1. The molecule has 3 aromatic carbocycles. The molecule has 2 saturated heterocycles. The van der Waals surface area contributed by atoms with Gasteiger partial charge < -0.3 is 14.4 Å². The number of hydrogen-bond donors (Lipinski definition) is 1. The summed E-state index contributed by atoms with van der Waals surface area (Å²) < 4.78 is 26.0. The van der Waals surface area contributed by atoms with Crippen LogP contribution in [0.2, 0.25) is 0 Å². The lowest BCUT2D eigenvalue weighted by Gasteiger charge is -2.40. The normalized spacial score (nSPS) is 19.5. The molecule has 0 saturated carbocycles. The molecule has 9 nitrogen and oxygen atoms in total. The summed E-state index contributed by atoms with van der Waals surface area (Å²) in [6.45, 7) is 3.94. The highest BCUT2D eigenvalue weighted by Gasteiger charge is 2.40. The fraction of sp³-hybridized carbons (Fsp3) is 0.364. The number of rotatable bonds is 8. The van der Waals surface area contributed by atoms with Gasteiger partial charge in [-0.1, -0.05) is 30.3 Å². The number of carbonyl (C=O) groups excluding carboxylic acids is 3. The van der Waals surface area contributed by atoms with Crippen LogP contribution in [0.1, 0.15) is 51.5 Å². The molecule has 0 radical (unpaired) electrons. The Labute approximate surface area is 250 Å². The van der Waals surface area contributed by atoms with Crippen LogP contribution in [-0.4, -0.2) is 78.9 Å². The number of nitrogens with one attached hydrogen (secondary N) is 1. The molecule has 3 amide bonds. The van der Waals surface area contributed by atoms with Crippen molar-refractivity contribution >= 4 is 17.7 Å². The Morgan fingerprint density at radius 2 is 1.49 bits per heavy atom. The van der Waals surface area contributed by atoms with E-state index in [1.807, 2.05) is 30.3 Å². The summed E-state index contributed by atoms with van der Waals surface area (Å²) >= 11 is 0. The predicted molar refractivity (Wildman–Crippen MR) is 157 cm³/mol. The Bertz CT molecular complexity index is 1470. The maximum atomic E-state index is 15.3. The molecule has 3 aliphatic heterocycles. The van der Waals surface area contributed by atoms with Gasteiger partial charge in [0.1, 0.15) is 23.4 Å². The average Bonchev–Trinajstić information content (AvgIpc) is 3.34. The highest BCUT2D eigenvalue weighted by molar-refractivity contribution is 6.05. The van der Waals surface area contributed by atoms with Crippen LogP contribution in [0.25, 0.3) is 0 Å². The van der Waals surface area contributed by atoms with Gasteiger partial charge in [-0.3, -0.25) is 29.5 Å². The second kappa shape index (κ2) is 12.1. The third-order valence-corrected chi connectivity index (χ3v) is 8.67. The zero-order valence-electron chi connectivity index (χ0n) is 24.3. The van der Waals surface area contributed by atoms with E-state index in [9.17, 15) is 14.4 Å². The monoisotopic (exact) mass is 586 g/mol. The van der Waals surface area contributed by atoms with Gasteiger partial charge >= 0.3 is 0 Å². The van der Waals surface area contributed by atoms with E-state index in [0.29, 0.717) is 12.1 Å². The number of amides is 3. The molecule has 0 aliphatic carbocycles. The standard InChI is InChI=1S/C33H35FN4O5/c1-42-25-7-3-22(4-8-25)31(23-5-9-26(43-2)10-6-23)37-15-13-36(14-16-37)19-21-17-24-20-38(33(41)30(24)27(34)18-21)28-11-12-29(39)35-32(28)40/h3-10,17-18,28,31H,11-16,19-20H2,1-2H3,(H,35,39,40). The fourth-order valence-electron chi connectivity index (χ4n) is 6.44. The van der Waals surface area contributed by atoms with Crippen LogP contribution in [0, 0.1) is 5.82 Å². The molecule has 1 unspecified atom stereocenters. The second-order valence-electron chi connectivity index (χ2n) is 11.3. The molecule has 3 heterocycles. The average molecular weight is 587 g/mol. The first-order chi connectivity index (χ1) is 20.8. The van der Waals surface area contributed by atoms with E-state index >= 15 is 4.39 Å². The first kappa shape index (κ1) is 28.8. The van der Waals surface area contributed by atoms with E-state index in [0.717, 1.165) is 43.2 Å². The van der Waals surface area contributed by atoms with Crippen molar-refractivity contribution < 1.29 is 28.2 Å². The van der Waals surface area contributed by atoms with E-state index < -0.39 is 23.7 Å². The molecule has 0 spiro atoms. The lowest BCUT2D eigenvalue weighted by molar-refractivity contribution is -0.136. The van der Waals surface area contributed by atoms with Crippen LogP contribution in [-0.2, 0) is 22.7 Å². The maximum Gasteiger partial charge on any atom is 0.258 e. The summed E-state index contributed by atoms with van der Waals surface area (Å²) in [6, 6.07) is 19.0. The molecule has 1 atom stereocenters. The molecule has 1 N–H and O–H groups in total. The minimum absolute atomic E-state index is 0.0279. The van der Waals surface area contributed by atoms with Crippen LogP contribution in [0.4, 0.5) is 4.39 Å². The number of hydrogen-bond acceptors (Lipinski definition) is 7. The van der Waals surface area contributed by atoms with Gasteiger partial charge in [-0.05, 0) is 59.0 Å². The Hall–Kier alpha value is -4.28. The summed E-state index contributed by atoms with van der Waals surface area (Å²) in [7, 11) is 3.32. The van der Waals surface area contributed by atoms with Crippen molar-refractivity contribution in [3.63, 3.8) is 0 Å². The summed E-state index contributed by atoms with van der Waals surface area (Å²) in [5.41, 5.74) is 3.75. The first-order valence-electron chi connectivity index (χ1n) is 14.5. The van der Waals surface area contributed by atoms with Crippen molar-refractivity contribution in [3.05, 3.63) is 94.3 Å². The first-order valence-corrected chi connectivity index (χ1v) is 14.5. The smallest absolute Gasteiger partial charge is 0.258 e. The third-order valence-electron chi connectivity index (χ3n) is 8.67. The van der Waals surface area contributed by atoms with Gasteiger partial charge in [0.2, 0.25) is 11.8 Å². The van der Waals surface area contributed by atoms with E-state index in [4.69, 9.17) is 9.47 Å². The van der Waals surface area contributed by atoms with E-state index in [1.165, 1.54) is 22.1 Å². The number of ether oxygens (including phenoxy) is 2. The third kappa shape index (κ3) is 5.85. The highest BCUT2D eigenvalue weighted by Crippen LogP contribution is 2.33. The molecule has 3 aromatic rings. The molecule has 0 bridgehead atoms. The van der Waals surface area contributed by atoms with Gasteiger partial charge in [-0.2, -0.15) is 0 Å². The van der Waals surface area contributed by atoms with E-state index in [1.54, 1.807) is 14.2 Å². The van der Waals surface area contributed by atoms with Crippen LogP contribution < -0.4 is 14.8 Å².